The van der Waals surface area contributed by atoms with E-state index in [9.17, 15) is 72.9 Å². The Hall–Kier alpha value is -11.4. The predicted molar refractivity (Wildman–Crippen MR) is 344 cm³/mol. The molecule has 30 heteroatoms. The Labute approximate surface area is 546 Å². The standard InChI is InChI=1S/C65H79N15O15/c1-36-55(85)74-46(29-37-12-5-2-6-13-37)61(91)80-52(63(93)79-51(64(94)95)32-41-21-25-43(82)26-22-41)35-71-54(84)34-50(75-56(86)44(66)28-40-19-23-42(81)24-20-40)62(92)73-45(18-11-27-70-65(68)69)57(87)76-47(30-38-14-7-3-8-15-38)59(89)77-48(31-39-16-9-4-10-17-39)60(90)78-49(33-53(67)83)58(88)72-36/h2-10,12-17,19-26,36,44-52,81-82H,11,18,27-35,66H2,1H3,(H2,67,83)(H,71,84)(H,72,88)(H,73,92)(H,74,85)(H,75,86)(H,76,87)(H,77,89)(H,78,90)(H,79,93)(H,80,91)(H,94,95)(H4,68,69,70)/t36-,44-,45-,46+,47+,48-,49+,50-,51-,52-/m0/s1. The van der Waals surface area contributed by atoms with E-state index >= 15 is 0 Å². The second-order valence-electron chi connectivity index (χ2n) is 22.6. The smallest absolute Gasteiger partial charge is 0.326 e. The number of amides is 11. The highest BCUT2D eigenvalue weighted by Crippen LogP contribution is 2.15. The maximum atomic E-state index is 14.9. The van der Waals surface area contributed by atoms with Crippen molar-refractivity contribution in [2.75, 3.05) is 13.1 Å². The Kier molecular flexibility index (Phi) is 27.5. The van der Waals surface area contributed by atoms with Gasteiger partial charge < -0.3 is 91.4 Å². The van der Waals surface area contributed by atoms with Crippen LogP contribution in [0.5, 0.6) is 11.5 Å². The molecule has 0 radical (unpaired) electrons. The minimum atomic E-state index is -1.92. The number of primary amides is 1. The average Bonchev–Trinajstić information content (AvgIpc) is 1.05. The van der Waals surface area contributed by atoms with Crippen molar-refractivity contribution in [1.29, 1.82) is 0 Å². The van der Waals surface area contributed by atoms with E-state index in [0.717, 1.165) is 0 Å². The van der Waals surface area contributed by atoms with Gasteiger partial charge in [0, 0.05) is 38.8 Å². The second kappa shape index (κ2) is 36.0. The molecule has 6 rings (SSSR count). The third kappa shape index (κ3) is 24.3. The minimum absolute atomic E-state index is 0.0122. The molecule has 11 amide bonds. The lowest BCUT2D eigenvalue weighted by atomic mass is 10.0. The van der Waals surface area contributed by atoms with Crippen LogP contribution in [-0.2, 0) is 89.6 Å². The van der Waals surface area contributed by atoms with Crippen LogP contribution in [-0.4, -0.2) is 166 Å². The van der Waals surface area contributed by atoms with E-state index in [2.05, 4.69) is 58.2 Å². The molecule has 21 N–H and O–H groups in total. The number of nitrogens with two attached hydrogens (primary N) is 4. The van der Waals surface area contributed by atoms with Gasteiger partial charge in [-0.3, -0.25) is 57.7 Å². The molecule has 504 valence electrons. The van der Waals surface area contributed by atoms with Gasteiger partial charge in [0.15, 0.2) is 5.96 Å². The molecule has 1 aliphatic rings. The Morgan fingerprint density at radius 3 is 1.44 bits per heavy atom. The van der Waals surface area contributed by atoms with E-state index in [1.807, 2.05) is 0 Å². The maximum Gasteiger partial charge on any atom is 0.326 e. The van der Waals surface area contributed by atoms with Crippen molar-refractivity contribution >= 4 is 76.9 Å². The average molecular weight is 1310 g/mol. The summed E-state index contributed by atoms with van der Waals surface area (Å²) in [5, 5.41) is 55.1. The number of phenolic OH excluding ortho intramolecular Hbond substituents is 2. The van der Waals surface area contributed by atoms with Gasteiger partial charge in [-0.05, 0) is 78.3 Å². The molecule has 0 unspecified atom stereocenters. The lowest BCUT2D eigenvalue weighted by Gasteiger charge is -2.28. The van der Waals surface area contributed by atoms with Crippen LogP contribution in [0.3, 0.4) is 0 Å². The fourth-order valence-corrected chi connectivity index (χ4v) is 9.89. The zero-order chi connectivity index (χ0) is 69.1. The van der Waals surface area contributed by atoms with E-state index in [-0.39, 0.29) is 68.9 Å². The molecule has 0 aliphatic carbocycles. The van der Waals surface area contributed by atoms with Gasteiger partial charge in [-0.1, -0.05) is 115 Å². The van der Waals surface area contributed by atoms with Crippen LogP contribution in [0.1, 0.15) is 60.4 Å². The zero-order valence-corrected chi connectivity index (χ0v) is 51.8. The summed E-state index contributed by atoms with van der Waals surface area (Å²) in [6.45, 7) is 0.244. The molecule has 5 aromatic rings. The summed E-state index contributed by atoms with van der Waals surface area (Å²) >= 11 is 0. The van der Waals surface area contributed by atoms with Crippen molar-refractivity contribution in [2.24, 2.45) is 27.9 Å². The number of aliphatic carboxylic acids is 1. The van der Waals surface area contributed by atoms with Gasteiger partial charge in [-0.15, -0.1) is 0 Å². The molecule has 5 aromatic carbocycles. The van der Waals surface area contributed by atoms with Gasteiger partial charge >= 0.3 is 5.97 Å². The van der Waals surface area contributed by atoms with Crippen molar-refractivity contribution in [2.45, 2.75) is 125 Å². The summed E-state index contributed by atoms with van der Waals surface area (Å²) in [5.41, 5.74) is 25.4. The number of nitrogens with one attached hydrogen (secondary N) is 10. The zero-order valence-electron chi connectivity index (χ0n) is 51.8. The first-order chi connectivity index (χ1) is 45.3. The number of hydrogen-bond acceptors (Lipinski definition) is 16. The number of aliphatic imine (C=N–C) groups is 1. The summed E-state index contributed by atoms with van der Waals surface area (Å²) in [6.07, 6.45) is -3.39. The topological polar surface area (TPSA) is 502 Å². The fraction of sp³-hybridized carbons (Fsp3) is 0.338. The third-order valence-corrected chi connectivity index (χ3v) is 15.0. The number of nitrogens with zero attached hydrogens (tertiary/aromatic N) is 1. The van der Waals surface area contributed by atoms with Gasteiger partial charge in [0.1, 0.15) is 65.9 Å². The van der Waals surface area contributed by atoms with Crippen molar-refractivity contribution in [3.63, 3.8) is 0 Å². The summed E-state index contributed by atoms with van der Waals surface area (Å²) < 4.78 is 0. The number of carboxylic acids is 1. The monoisotopic (exact) mass is 1310 g/mol. The normalized spacial score (nSPS) is 21.2. The van der Waals surface area contributed by atoms with Gasteiger partial charge in [0.25, 0.3) is 0 Å². The van der Waals surface area contributed by atoms with E-state index in [1.54, 1.807) is 91.0 Å². The number of carbonyl (C=O) groups excluding carboxylic acids is 11. The lowest BCUT2D eigenvalue weighted by Crippen LogP contribution is -2.62. The van der Waals surface area contributed by atoms with Crippen LogP contribution in [0.15, 0.2) is 145 Å². The largest absolute Gasteiger partial charge is 0.508 e. The quantitative estimate of drug-likeness (QED) is 0.0196. The van der Waals surface area contributed by atoms with Crippen LogP contribution >= 0.6 is 0 Å². The van der Waals surface area contributed by atoms with Crippen molar-refractivity contribution < 1.29 is 72.9 Å². The molecule has 0 aromatic heterocycles. The van der Waals surface area contributed by atoms with Gasteiger partial charge in [0.05, 0.1) is 18.9 Å². The molecule has 1 heterocycles. The first kappa shape index (κ1) is 72.6. The number of benzene rings is 5. The lowest BCUT2D eigenvalue weighted by molar-refractivity contribution is -0.142. The predicted octanol–water partition coefficient (Wildman–Crippen LogP) is -3.15. The Morgan fingerprint density at radius 1 is 0.537 bits per heavy atom. The number of guanidine groups is 1. The Balaban J connectivity index is 1.46. The molecule has 1 saturated heterocycles. The molecular formula is C65H79N15O15. The van der Waals surface area contributed by atoms with Crippen LogP contribution in [0.2, 0.25) is 0 Å². The summed E-state index contributed by atoms with van der Waals surface area (Å²) in [5.74, 6) is -13.9. The van der Waals surface area contributed by atoms with E-state index in [1.165, 1.54) is 55.5 Å². The minimum Gasteiger partial charge on any atom is -0.508 e. The third-order valence-electron chi connectivity index (χ3n) is 15.0. The molecule has 0 saturated carbocycles. The molecule has 10 atom stereocenters. The van der Waals surface area contributed by atoms with Crippen LogP contribution in [0, 0.1) is 0 Å². The SMILES string of the molecule is C[C@@H]1NC(=O)[C@@H](CC(N)=O)NC(=O)[C@H](Cc2ccccc2)NC(=O)[C@@H](Cc2ccccc2)NC(=O)[C@H](CCCN=C(N)N)NC(=O)[C@@H](NC(=O)[C@@H](N)Cc2ccc(O)cc2)CC(=O)NC[C@@H](C(=O)N[C@@H](Cc2ccc(O)cc2)C(=O)O)NC(=O)[C@@H](Cc2ccccc2)NC1=O. The molecule has 1 fully saturated rings. The highest BCUT2D eigenvalue weighted by molar-refractivity contribution is 6.00. The number of aromatic hydroxyl groups is 2. The van der Waals surface area contributed by atoms with Crippen molar-refractivity contribution in [3.8, 4) is 11.5 Å². The van der Waals surface area contributed by atoms with Crippen LogP contribution < -0.4 is 76.1 Å². The van der Waals surface area contributed by atoms with Crippen LogP contribution in [0.4, 0.5) is 0 Å². The maximum absolute atomic E-state index is 14.9. The molecule has 0 spiro atoms. The molecule has 0 bridgehead atoms. The number of hydrogen-bond donors (Lipinski definition) is 17. The van der Waals surface area contributed by atoms with Crippen LogP contribution in [0.25, 0.3) is 0 Å². The number of carboxylic acid groups (broad SMARTS) is 1. The van der Waals surface area contributed by atoms with Crippen molar-refractivity contribution in [1.82, 2.24) is 53.2 Å². The van der Waals surface area contributed by atoms with E-state index < -0.39 is 151 Å². The summed E-state index contributed by atoms with van der Waals surface area (Å²) in [6, 6.07) is 19.1. The molecular weight excluding hydrogens is 1230 g/mol. The Bertz CT molecular complexity index is 3530. The fourth-order valence-electron chi connectivity index (χ4n) is 9.89. The second-order valence-corrected chi connectivity index (χ2v) is 22.6. The number of rotatable bonds is 21. The van der Waals surface area contributed by atoms with Gasteiger partial charge in [-0.2, -0.15) is 0 Å². The highest BCUT2D eigenvalue weighted by atomic mass is 16.4. The highest BCUT2D eigenvalue weighted by Gasteiger charge is 2.37. The first-order valence-electron chi connectivity index (χ1n) is 30.3. The summed E-state index contributed by atoms with van der Waals surface area (Å²) in [4.78, 5) is 175. The van der Waals surface area contributed by atoms with E-state index in [0.29, 0.717) is 27.8 Å². The van der Waals surface area contributed by atoms with E-state index in [4.69, 9.17) is 22.9 Å². The first-order valence-corrected chi connectivity index (χ1v) is 30.3. The number of carbonyl (C=O) groups is 12. The molecule has 30 nitrogen and oxygen atoms in total. The number of phenols is 2. The van der Waals surface area contributed by atoms with Gasteiger partial charge in [-0.25, -0.2) is 4.79 Å². The molecule has 1 aliphatic heterocycles. The van der Waals surface area contributed by atoms with Gasteiger partial charge in [0.2, 0.25) is 65.0 Å². The summed E-state index contributed by atoms with van der Waals surface area (Å²) in [7, 11) is 0. The molecule has 95 heavy (non-hydrogen) atoms. The van der Waals surface area contributed by atoms with Crippen molar-refractivity contribution in [3.05, 3.63) is 167 Å². The Morgan fingerprint density at radius 2 is 0.968 bits per heavy atom.